The molecule has 100 valence electrons. The first-order valence-corrected chi connectivity index (χ1v) is 6.08. The van der Waals surface area contributed by atoms with Crippen molar-refractivity contribution in [2.24, 2.45) is 0 Å². The van der Waals surface area contributed by atoms with Gasteiger partial charge in [0.2, 0.25) is 0 Å². The number of nitrogens with zero attached hydrogens (tertiary/aromatic N) is 1. The third kappa shape index (κ3) is 5.75. The summed E-state index contributed by atoms with van der Waals surface area (Å²) in [5.74, 6) is -0.375. The average molecular weight is 252 g/mol. The summed E-state index contributed by atoms with van der Waals surface area (Å²) in [6.45, 7) is 4.92. The van der Waals surface area contributed by atoms with E-state index in [9.17, 15) is 9.90 Å². The highest BCUT2D eigenvalue weighted by atomic mass is 16.5. The summed E-state index contributed by atoms with van der Waals surface area (Å²) in [5, 5.41) is 12.7. The van der Waals surface area contributed by atoms with Gasteiger partial charge in [0, 0.05) is 18.8 Å². The second-order valence-electron chi connectivity index (χ2n) is 4.06. The Morgan fingerprint density at radius 2 is 2.33 bits per heavy atom. The predicted molar refractivity (Wildman–Crippen MR) is 67.9 cm³/mol. The molecule has 0 radical (unpaired) electrons. The number of pyridine rings is 1. The van der Waals surface area contributed by atoms with Gasteiger partial charge in [0.15, 0.2) is 0 Å². The smallest absolute Gasteiger partial charge is 0.308 e. The Bertz CT molecular complexity index is 382. The van der Waals surface area contributed by atoms with Crippen LogP contribution in [-0.4, -0.2) is 35.3 Å². The molecule has 0 fully saturated rings. The van der Waals surface area contributed by atoms with E-state index < -0.39 is 6.10 Å². The van der Waals surface area contributed by atoms with Crippen molar-refractivity contribution in [3.05, 3.63) is 29.6 Å². The van der Waals surface area contributed by atoms with Crippen molar-refractivity contribution in [1.29, 1.82) is 0 Å². The summed E-state index contributed by atoms with van der Waals surface area (Å²) < 4.78 is 4.75. The molecule has 0 bridgehead atoms. The molecule has 0 aliphatic heterocycles. The number of aryl methyl sites for hydroxylation is 1. The Morgan fingerprint density at radius 1 is 1.56 bits per heavy atom. The molecule has 0 aliphatic rings. The molecule has 1 atom stereocenters. The van der Waals surface area contributed by atoms with Crippen LogP contribution in [0.3, 0.4) is 0 Å². The fourth-order valence-corrected chi connectivity index (χ4v) is 1.55. The molecular weight excluding hydrogens is 232 g/mol. The third-order valence-corrected chi connectivity index (χ3v) is 2.34. The zero-order valence-electron chi connectivity index (χ0n) is 10.8. The van der Waals surface area contributed by atoms with Crippen molar-refractivity contribution >= 4 is 5.97 Å². The molecule has 0 spiro atoms. The zero-order valence-corrected chi connectivity index (χ0v) is 10.8. The van der Waals surface area contributed by atoms with Gasteiger partial charge in [-0.1, -0.05) is 6.07 Å². The minimum atomic E-state index is -0.728. The summed E-state index contributed by atoms with van der Waals surface area (Å²) in [5.41, 5.74) is 1.87. The minimum Gasteiger partial charge on any atom is -0.466 e. The van der Waals surface area contributed by atoms with Crippen molar-refractivity contribution in [3.8, 4) is 0 Å². The molecule has 5 heteroatoms. The van der Waals surface area contributed by atoms with Crippen LogP contribution < -0.4 is 5.32 Å². The molecule has 0 saturated heterocycles. The van der Waals surface area contributed by atoms with Gasteiger partial charge in [-0.25, -0.2) is 0 Å². The fourth-order valence-electron chi connectivity index (χ4n) is 1.55. The summed E-state index contributed by atoms with van der Waals surface area (Å²) in [6, 6.07) is 5.78. The van der Waals surface area contributed by atoms with Crippen molar-refractivity contribution in [2.75, 3.05) is 13.2 Å². The highest BCUT2D eigenvalue weighted by molar-refractivity contribution is 5.69. The lowest BCUT2D eigenvalue weighted by Crippen LogP contribution is -2.29. The van der Waals surface area contributed by atoms with Crippen LogP contribution in [0.25, 0.3) is 0 Å². The Kier molecular flexibility index (Phi) is 6.32. The lowest BCUT2D eigenvalue weighted by atomic mass is 10.2. The van der Waals surface area contributed by atoms with Crippen LogP contribution in [0.2, 0.25) is 0 Å². The predicted octanol–water partition coefficient (Wildman–Crippen LogP) is 0.794. The number of aromatic nitrogens is 1. The lowest BCUT2D eigenvalue weighted by molar-refractivity contribution is -0.145. The molecule has 0 amide bonds. The van der Waals surface area contributed by atoms with Gasteiger partial charge in [-0.2, -0.15) is 0 Å². The molecule has 18 heavy (non-hydrogen) atoms. The van der Waals surface area contributed by atoms with E-state index in [1.165, 1.54) is 0 Å². The van der Waals surface area contributed by atoms with Crippen LogP contribution in [0.4, 0.5) is 0 Å². The molecule has 0 saturated carbocycles. The monoisotopic (exact) mass is 252 g/mol. The molecule has 1 heterocycles. The highest BCUT2D eigenvalue weighted by Crippen LogP contribution is 1.98. The van der Waals surface area contributed by atoms with Gasteiger partial charge in [-0.15, -0.1) is 0 Å². The molecular formula is C13H20N2O3. The van der Waals surface area contributed by atoms with E-state index >= 15 is 0 Å². The van der Waals surface area contributed by atoms with E-state index in [-0.39, 0.29) is 12.4 Å². The topological polar surface area (TPSA) is 71.5 Å². The summed E-state index contributed by atoms with van der Waals surface area (Å²) in [4.78, 5) is 15.4. The van der Waals surface area contributed by atoms with E-state index in [2.05, 4.69) is 10.3 Å². The quantitative estimate of drug-likeness (QED) is 0.702. The van der Waals surface area contributed by atoms with Crippen LogP contribution in [-0.2, 0) is 16.1 Å². The standard InChI is InChI=1S/C13H20N2O3/c1-3-18-13(17)7-12(16)9-14-8-11-6-4-5-10(2)15-11/h4-6,12,14,16H,3,7-9H2,1-2H3. The van der Waals surface area contributed by atoms with Gasteiger partial charge in [0.1, 0.15) is 0 Å². The molecule has 1 rings (SSSR count). The van der Waals surface area contributed by atoms with Crippen LogP contribution >= 0.6 is 0 Å². The van der Waals surface area contributed by atoms with Gasteiger partial charge < -0.3 is 15.2 Å². The van der Waals surface area contributed by atoms with Gasteiger partial charge in [0.05, 0.1) is 24.8 Å². The highest BCUT2D eigenvalue weighted by Gasteiger charge is 2.10. The first-order chi connectivity index (χ1) is 8.61. The summed E-state index contributed by atoms with van der Waals surface area (Å²) >= 11 is 0. The van der Waals surface area contributed by atoms with Crippen LogP contribution in [0, 0.1) is 6.92 Å². The Hall–Kier alpha value is -1.46. The van der Waals surface area contributed by atoms with E-state index in [0.717, 1.165) is 11.4 Å². The second-order valence-corrected chi connectivity index (χ2v) is 4.06. The number of aliphatic hydroxyl groups excluding tert-OH is 1. The average Bonchev–Trinajstić information content (AvgIpc) is 2.29. The number of hydrogen-bond acceptors (Lipinski definition) is 5. The maximum atomic E-state index is 11.1. The Balaban J connectivity index is 2.23. The first-order valence-electron chi connectivity index (χ1n) is 6.08. The number of carbonyl (C=O) groups excluding carboxylic acids is 1. The van der Waals surface area contributed by atoms with E-state index in [1.807, 2.05) is 25.1 Å². The number of rotatable bonds is 7. The maximum absolute atomic E-state index is 11.1. The van der Waals surface area contributed by atoms with E-state index in [1.54, 1.807) is 6.92 Å². The van der Waals surface area contributed by atoms with Crippen LogP contribution in [0.15, 0.2) is 18.2 Å². The molecule has 1 unspecified atom stereocenters. The Labute approximate surface area is 107 Å². The second kappa shape index (κ2) is 7.79. The Morgan fingerprint density at radius 3 is 3.00 bits per heavy atom. The molecule has 0 aliphatic carbocycles. The number of carbonyl (C=O) groups is 1. The fraction of sp³-hybridized carbons (Fsp3) is 0.538. The number of nitrogens with one attached hydrogen (secondary N) is 1. The number of ether oxygens (including phenoxy) is 1. The van der Waals surface area contributed by atoms with Gasteiger partial charge >= 0.3 is 5.97 Å². The summed E-state index contributed by atoms with van der Waals surface area (Å²) in [6.07, 6.45) is -0.712. The number of aliphatic hydroxyl groups is 1. The normalized spacial score (nSPS) is 12.2. The lowest BCUT2D eigenvalue weighted by Gasteiger charge is -2.11. The SMILES string of the molecule is CCOC(=O)CC(O)CNCc1cccc(C)n1. The first kappa shape index (κ1) is 14.6. The van der Waals surface area contributed by atoms with E-state index in [4.69, 9.17) is 4.74 Å². The summed E-state index contributed by atoms with van der Waals surface area (Å²) in [7, 11) is 0. The van der Waals surface area contributed by atoms with Crippen molar-refractivity contribution in [3.63, 3.8) is 0 Å². The number of esters is 1. The van der Waals surface area contributed by atoms with Crippen LogP contribution in [0.1, 0.15) is 24.7 Å². The van der Waals surface area contributed by atoms with Gasteiger partial charge in [0.25, 0.3) is 0 Å². The van der Waals surface area contributed by atoms with Crippen LogP contribution in [0.5, 0.6) is 0 Å². The minimum absolute atomic E-state index is 0.0160. The van der Waals surface area contributed by atoms with Gasteiger partial charge in [-0.05, 0) is 26.0 Å². The third-order valence-electron chi connectivity index (χ3n) is 2.34. The molecule has 2 N–H and O–H groups in total. The van der Waals surface area contributed by atoms with E-state index in [0.29, 0.717) is 19.7 Å². The molecule has 1 aromatic rings. The van der Waals surface area contributed by atoms with Crippen molar-refractivity contribution < 1.29 is 14.6 Å². The molecule has 0 aromatic carbocycles. The number of hydrogen-bond donors (Lipinski definition) is 2. The van der Waals surface area contributed by atoms with Gasteiger partial charge in [-0.3, -0.25) is 9.78 Å². The zero-order chi connectivity index (χ0) is 13.4. The molecule has 5 nitrogen and oxygen atoms in total. The largest absolute Gasteiger partial charge is 0.466 e. The molecule has 1 aromatic heterocycles. The maximum Gasteiger partial charge on any atom is 0.308 e. The van der Waals surface area contributed by atoms with Crippen molar-refractivity contribution in [2.45, 2.75) is 32.9 Å². The van der Waals surface area contributed by atoms with Crippen molar-refractivity contribution in [1.82, 2.24) is 10.3 Å².